The summed E-state index contributed by atoms with van der Waals surface area (Å²) in [7, 11) is 0. The Hall–Kier alpha value is -2.06. The van der Waals surface area contributed by atoms with Crippen molar-refractivity contribution in [2.75, 3.05) is 30.3 Å². The van der Waals surface area contributed by atoms with Crippen molar-refractivity contribution in [3.63, 3.8) is 0 Å². The van der Waals surface area contributed by atoms with Crippen LogP contribution in [0.5, 0.6) is 0 Å². The number of nitrogens with zero attached hydrogens (tertiary/aromatic N) is 4. The number of carbonyl (C=O) groups is 1. The summed E-state index contributed by atoms with van der Waals surface area (Å²) in [6.45, 7) is 4.38. The molecule has 7 nitrogen and oxygen atoms in total. The first-order valence-corrected chi connectivity index (χ1v) is 9.56. The van der Waals surface area contributed by atoms with Gasteiger partial charge in [-0.3, -0.25) is 4.79 Å². The molecule has 0 spiro atoms. The van der Waals surface area contributed by atoms with Crippen LogP contribution in [0.4, 0.5) is 5.82 Å². The van der Waals surface area contributed by atoms with E-state index in [1.54, 1.807) is 18.1 Å². The molecule has 25 heavy (non-hydrogen) atoms. The Labute approximate surface area is 150 Å². The van der Waals surface area contributed by atoms with E-state index in [1.165, 1.54) is 0 Å². The van der Waals surface area contributed by atoms with Gasteiger partial charge in [-0.2, -0.15) is 0 Å². The highest BCUT2D eigenvalue weighted by atomic mass is 32.2. The molecule has 4 rings (SSSR count). The lowest BCUT2D eigenvalue weighted by Gasteiger charge is -2.36. The molecule has 4 heterocycles. The molecule has 0 aromatic carbocycles. The van der Waals surface area contributed by atoms with Crippen molar-refractivity contribution in [2.45, 2.75) is 19.4 Å². The number of anilines is 1. The van der Waals surface area contributed by atoms with Gasteiger partial charge in [0, 0.05) is 43.8 Å². The van der Waals surface area contributed by atoms with Gasteiger partial charge in [0.05, 0.1) is 10.3 Å². The molecule has 0 radical (unpaired) electrons. The molecule has 1 amide bonds. The number of hydrogen-bond acceptors (Lipinski definition) is 6. The Balaban J connectivity index is 1.58. The first-order chi connectivity index (χ1) is 12.1. The lowest BCUT2D eigenvalue weighted by molar-refractivity contribution is -0.128. The van der Waals surface area contributed by atoms with Gasteiger partial charge >= 0.3 is 0 Å². The number of piperidine rings is 1. The monoisotopic (exact) mass is 358 g/mol. The molecule has 2 aromatic rings. The number of hydrogen-bond donors (Lipinski definition) is 2. The number of nitrogens with one attached hydrogen (secondary N) is 1. The van der Waals surface area contributed by atoms with Crippen LogP contribution in [0.1, 0.15) is 13.3 Å². The van der Waals surface area contributed by atoms with Crippen molar-refractivity contribution >= 4 is 34.5 Å². The summed E-state index contributed by atoms with van der Waals surface area (Å²) < 4.78 is 0. The Bertz CT molecular complexity index is 818. The maximum Gasteiger partial charge on any atom is 0.261 e. The zero-order valence-corrected chi connectivity index (χ0v) is 15.0. The highest BCUT2D eigenvalue weighted by Crippen LogP contribution is 2.30. The SMILES string of the molecule is C[C@@H]1CCN(C(=O)C2=CN(c3ncnc4[nH]ccc34)CCS2)C[C@@H]1N. The Morgan fingerprint density at radius 3 is 3.12 bits per heavy atom. The van der Waals surface area contributed by atoms with Gasteiger partial charge < -0.3 is 20.5 Å². The van der Waals surface area contributed by atoms with E-state index in [1.807, 2.05) is 28.3 Å². The van der Waals surface area contributed by atoms with Gasteiger partial charge in [0.1, 0.15) is 17.8 Å². The van der Waals surface area contributed by atoms with Gasteiger partial charge in [-0.25, -0.2) is 9.97 Å². The van der Waals surface area contributed by atoms with Gasteiger partial charge in [0.15, 0.2) is 0 Å². The van der Waals surface area contributed by atoms with Gasteiger partial charge in [-0.05, 0) is 18.4 Å². The van der Waals surface area contributed by atoms with Crippen LogP contribution in [-0.4, -0.2) is 57.2 Å². The number of aromatic nitrogens is 3. The van der Waals surface area contributed by atoms with Crippen LogP contribution in [0.15, 0.2) is 29.7 Å². The molecule has 2 atom stereocenters. The number of rotatable bonds is 2. The third-order valence-electron chi connectivity index (χ3n) is 4.98. The molecule has 3 N–H and O–H groups in total. The van der Waals surface area contributed by atoms with Crippen LogP contribution in [0.3, 0.4) is 0 Å². The molecule has 1 saturated heterocycles. The predicted molar refractivity (Wildman–Crippen MR) is 100 cm³/mol. The van der Waals surface area contributed by atoms with E-state index in [2.05, 4.69) is 21.9 Å². The highest BCUT2D eigenvalue weighted by molar-refractivity contribution is 8.04. The molecular weight excluding hydrogens is 336 g/mol. The number of fused-ring (bicyclic) bond motifs is 1. The van der Waals surface area contributed by atoms with E-state index in [4.69, 9.17) is 5.73 Å². The fourth-order valence-corrected chi connectivity index (χ4v) is 4.27. The number of thioether (sulfide) groups is 1. The molecule has 2 aliphatic heterocycles. The third-order valence-corrected chi connectivity index (χ3v) is 5.96. The van der Waals surface area contributed by atoms with E-state index in [0.717, 1.165) is 47.0 Å². The van der Waals surface area contributed by atoms with Gasteiger partial charge in [-0.1, -0.05) is 6.92 Å². The van der Waals surface area contributed by atoms with Crippen molar-refractivity contribution in [1.29, 1.82) is 0 Å². The molecule has 8 heteroatoms. The van der Waals surface area contributed by atoms with Crippen LogP contribution >= 0.6 is 11.8 Å². The minimum absolute atomic E-state index is 0.0596. The fraction of sp³-hybridized carbons (Fsp3) is 0.471. The molecule has 0 saturated carbocycles. The fourth-order valence-electron chi connectivity index (χ4n) is 3.31. The molecule has 0 aliphatic carbocycles. The van der Waals surface area contributed by atoms with Crippen molar-refractivity contribution < 1.29 is 4.79 Å². The number of carbonyl (C=O) groups excluding carboxylic acids is 1. The van der Waals surface area contributed by atoms with E-state index in [9.17, 15) is 4.79 Å². The van der Waals surface area contributed by atoms with Gasteiger partial charge in [0.2, 0.25) is 0 Å². The third kappa shape index (κ3) is 3.11. The first-order valence-electron chi connectivity index (χ1n) is 8.57. The summed E-state index contributed by atoms with van der Waals surface area (Å²) in [5.41, 5.74) is 6.96. The molecule has 2 aromatic heterocycles. The second-order valence-electron chi connectivity index (χ2n) is 6.65. The van der Waals surface area contributed by atoms with E-state index >= 15 is 0 Å². The van der Waals surface area contributed by atoms with E-state index in [-0.39, 0.29) is 11.9 Å². The van der Waals surface area contributed by atoms with Crippen LogP contribution in [-0.2, 0) is 4.79 Å². The van der Waals surface area contributed by atoms with E-state index < -0.39 is 0 Å². The van der Waals surface area contributed by atoms with Crippen LogP contribution < -0.4 is 10.6 Å². The lowest BCUT2D eigenvalue weighted by atomic mass is 9.94. The summed E-state index contributed by atoms with van der Waals surface area (Å²) in [4.78, 5) is 29.4. The van der Waals surface area contributed by atoms with Gasteiger partial charge in [-0.15, -0.1) is 11.8 Å². The average molecular weight is 358 g/mol. The normalized spacial score (nSPS) is 24.5. The highest BCUT2D eigenvalue weighted by Gasteiger charge is 2.29. The summed E-state index contributed by atoms with van der Waals surface area (Å²) >= 11 is 1.61. The smallest absolute Gasteiger partial charge is 0.261 e. The minimum atomic E-state index is 0.0596. The summed E-state index contributed by atoms with van der Waals surface area (Å²) in [5, 5.41) is 0.964. The molecule has 2 aliphatic rings. The molecule has 132 valence electrons. The zero-order chi connectivity index (χ0) is 17.4. The minimum Gasteiger partial charge on any atom is -0.346 e. The van der Waals surface area contributed by atoms with Crippen molar-refractivity contribution in [3.8, 4) is 0 Å². The topological polar surface area (TPSA) is 91.1 Å². The summed E-state index contributed by atoms with van der Waals surface area (Å²) in [6.07, 6.45) is 6.29. The summed E-state index contributed by atoms with van der Waals surface area (Å²) in [5.74, 6) is 2.23. The number of nitrogens with two attached hydrogens (primary N) is 1. The second-order valence-corrected chi connectivity index (χ2v) is 7.79. The number of likely N-dealkylation sites (tertiary alicyclic amines) is 1. The summed E-state index contributed by atoms with van der Waals surface area (Å²) in [6, 6.07) is 2.02. The first kappa shape index (κ1) is 16.4. The van der Waals surface area contributed by atoms with Crippen molar-refractivity contribution in [2.24, 2.45) is 11.7 Å². The van der Waals surface area contributed by atoms with E-state index in [0.29, 0.717) is 12.5 Å². The predicted octanol–water partition coefficient (Wildman–Crippen LogP) is 1.55. The molecule has 0 unspecified atom stereocenters. The number of H-pyrrole nitrogens is 1. The molecule has 1 fully saturated rings. The maximum atomic E-state index is 12.9. The van der Waals surface area contributed by atoms with Crippen LogP contribution in [0, 0.1) is 5.92 Å². The standard InChI is InChI=1S/C17H22N6OS/c1-11-3-5-23(8-13(11)18)17(24)14-9-22(6-7-25-14)16-12-2-4-19-15(12)20-10-21-16/h2,4,9-11,13H,3,5-8,18H2,1H3,(H,19,20,21)/t11-,13+/m1/s1. The zero-order valence-electron chi connectivity index (χ0n) is 14.2. The largest absolute Gasteiger partial charge is 0.346 e. The van der Waals surface area contributed by atoms with Crippen LogP contribution in [0.25, 0.3) is 11.0 Å². The van der Waals surface area contributed by atoms with Crippen LogP contribution in [0.2, 0.25) is 0 Å². The molecular formula is C17H22N6OS. The Kier molecular flexibility index (Phi) is 4.39. The number of aromatic amines is 1. The number of amides is 1. The Morgan fingerprint density at radius 1 is 1.40 bits per heavy atom. The van der Waals surface area contributed by atoms with Crippen molar-refractivity contribution in [1.82, 2.24) is 19.9 Å². The lowest BCUT2D eigenvalue weighted by Crippen LogP contribution is -2.50. The average Bonchev–Trinajstić information content (AvgIpc) is 3.12. The maximum absolute atomic E-state index is 12.9. The second kappa shape index (κ2) is 6.68. The quantitative estimate of drug-likeness (QED) is 0.846. The Morgan fingerprint density at radius 2 is 2.28 bits per heavy atom. The molecule has 0 bridgehead atoms. The van der Waals surface area contributed by atoms with Crippen molar-refractivity contribution in [3.05, 3.63) is 29.7 Å². The van der Waals surface area contributed by atoms with Gasteiger partial charge in [0.25, 0.3) is 5.91 Å².